The molecule has 1 saturated heterocycles. The van der Waals surface area contributed by atoms with Crippen molar-refractivity contribution in [3.05, 3.63) is 11.6 Å². The predicted molar refractivity (Wildman–Crippen MR) is 88.9 cm³/mol. The normalized spacial score (nSPS) is 24.7. The van der Waals surface area contributed by atoms with Crippen molar-refractivity contribution in [2.24, 2.45) is 0 Å². The maximum atomic E-state index is 11.8. The summed E-state index contributed by atoms with van der Waals surface area (Å²) >= 11 is 1.81. The molecule has 5 nitrogen and oxygen atoms in total. The first kappa shape index (κ1) is 17.3. The minimum absolute atomic E-state index is 0.312. The van der Waals surface area contributed by atoms with Crippen molar-refractivity contribution in [1.82, 2.24) is 10.6 Å². The average molecular weight is 326 g/mol. The predicted octanol–water partition coefficient (Wildman–Crippen LogP) is 1.63. The zero-order chi connectivity index (χ0) is 15.8. The molecule has 1 heterocycles. The van der Waals surface area contributed by atoms with Gasteiger partial charge in [0.2, 0.25) is 0 Å². The third-order valence-corrected chi connectivity index (χ3v) is 5.62. The molecule has 0 aromatic rings. The topological polar surface area (TPSA) is 67.4 Å². The number of methoxy groups -OCH3 is 1. The molecular weight excluding hydrogens is 300 g/mol. The van der Waals surface area contributed by atoms with Gasteiger partial charge >= 0.3 is 11.8 Å². The van der Waals surface area contributed by atoms with Gasteiger partial charge in [0.1, 0.15) is 0 Å². The van der Waals surface area contributed by atoms with Gasteiger partial charge in [0.05, 0.1) is 5.60 Å². The summed E-state index contributed by atoms with van der Waals surface area (Å²) in [6, 6.07) is 0. The molecule has 2 aliphatic rings. The van der Waals surface area contributed by atoms with Crippen LogP contribution in [0.1, 0.15) is 38.5 Å². The SMILES string of the molecule is CO[C@]1(CNC(=O)C(=O)NCCC2=CCCCC2)CCSC1. The third kappa shape index (κ3) is 5.02. The molecule has 0 spiro atoms. The molecule has 1 atom stereocenters. The number of rotatable bonds is 6. The number of carbonyl (C=O) groups is 2. The number of carbonyl (C=O) groups excluding carboxylic acids is 2. The minimum atomic E-state index is -0.564. The number of allylic oxidation sites excluding steroid dienone is 1. The molecule has 0 saturated carbocycles. The molecule has 1 fully saturated rings. The van der Waals surface area contributed by atoms with E-state index in [1.807, 2.05) is 11.8 Å². The summed E-state index contributed by atoms with van der Waals surface area (Å²) in [5, 5.41) is 5.40. The first-order valence-electron chi connectivity index (χ1n) is 8.02. The zero-order valence-electron chi connectivity index (χ0n) is 13.3. The largest absolute Gasteiger partial charge is 0.376 e. The van der Waals surface area contributed by atoms with Gasteiger partial charge < -0.3 is 15.4 Å². The van der Waals surface area contributed by atoms with E-state index in [4.69, 9.17) is 4.74 Å². The number of nitrogens with one attached hydrogen (secondary N) is 2. The highest BCUT2D eigenvalue weighted by molar-refractivity contribution is 7.99. The van der Waals surface area contributed by atoms with Crippen LogP contribution in [0.15, 0.2) is 11.6 Å². The van der Waals surface area contributed by atoms with Crippen LogP contribution in [0.25, 0.3) is 0 Å². The summed E-state index contributed by atoms with van der Waals surface area (Å²) in [6.07, 6.45) is 8.77. The maximum absolute atomic E-state index is 11.8. The van der Waals surface area contributed by atoms with Crippen LogP contribution in [0.2, 0.25) is 0 Å². The fraction of sp³-hybridized carbons (Fsp3) is 0.750. The highest BCUT2D eigenvalue weighted by atomic mass is 32.2. The van der Waals surface area contributed by atoms with Gasteiger partial charge in [-0.3, -0.25) is 9.59 Å². The Kier molecular flexibility index (Phi) is 6.76. The Labute approximate surface area is 136 Å². The molecule has 0 bridgehead atoms. The molecule has 2 N–H and O–H groups in total. The lowest BCUT2D eigenvalue weighted by molar-refractivity contribution is -0.139. The highest BCUT2D eigenvalue weighted by Gasteiger charge is 2.35. The number of ether oxygens (including phenoxy) is 1. The van der Waals surface area contributed by atoms with Crippen molar-refractivity contribution in [3.63, 3.8) is 0 Å². The summed E-state index contributed by atoms with van der Waals surface area (Å²) in [6.45, 7) is 0.928. The number of thioether (sulfide) groups is 1. The lowest BCUT2D eigenvalue weighted by Gasteiger charge is -2.26. The molecular formula is C16H26N2O3S. The van der Waals surface area contributed by atoms with E-state index in [0.717, 1.165) is 37.2 Å². The smallest absolute Gasteiger partial charge is 0.309 e. The standard InChI is InChI=1S/C16H26N2O3S/c1-21-16(8-10-22-12-16)11-18-15(20)14(19)17-9-7-13-5-3-2-4-6-13/h5H,2-4,6-12H2,1H3,(H,17,19)(H,18,20)/t16-/m0/s1. The summed E-state index contributed by atoms with van der Waals surface area (Å²) < 4.78 is 5.51. The molecule has 2 amide bonds. The second kappa shape index (κ2) is 8.58. The van der Waals surface area contributed by atoms with Gasteiger partial charge in [-0.1, -0.05) is 11.6 Å². The maximum Gasteiger partial charge on any atom is 0.309 e. The van der Waals surface area contributed by atoms with Crippen LogP contribution in [0.5, 0.6) is 0 Å². The van der Waals surface area contributed by atoms with Crippen LogP contribution < -0.4 is 10.6 Å². The Morgan fingerprint density at radius 3 is 2.77 bits per heavy atom. The van der Waals surface area contributed by atoms with Crippen molar-refractivity contribution in [2.75, 3.05) is 31.7 Å². The molecule has 124 valence electrons. The van der Waals surface area contributed by atoms with Crippen LogP contribution in [0.4, 0.5) is 0 Å². The first-order chi connectivity index (χ1) is 10.7. The molecule has 2 rings (SSSR count). The molecule has 6 heteroatoms. The fourth-order valence-corrected chi connectivity index (χ4v) is 4.23. The number of hydrogen-bond donors (Lipinski definition) is 2. The van der Waals surface area contributed by atoms with E-state index in [0.29, 0.717) is 13.1 Å². The summed E-state index contributed by atoms with van der Waals surface area (Å²) in [4.78, 5) is 23.6. The van der Waals surface area contributed by atoms with E-state index in [1.165, 1.54) is 18.4 Å². The van der Waals surface area contributed by atoms with Gasteiger partial charge in [-0.2, -0.15) is 11.8 Å². The summed E-state index contributed by atoms with van der Waals surface area (Å²) in [7, 11) is 1.66. The van der Waals surface area contributed by atoms with Gasteiger partial charge in [-0.05, 0) is 44.3 Å². The van der Waals surface area contributed by atoms with Crippen LogP contribution >= 0.6 is 11.8 Å². The van der Waals surface area contributed by atoms with Crippen molar-refractivity contribution in [1.29, 1.82) is 0 Å². The van der Waals surface area contributed by atoms with E-state index in [9.17, 15) is 9.59 Å². The molecule has 1 aliphatic heterocycles. The van der Waals surface area contributed by atoms with E-state index in [-0.39, 0.29) is 5.60 Å². The van der Waals surface area contributed by atoms with Crippen molar-refractivity contribution >= 4 is 23.6 Å². The number of hydrogen-bond acceptors (Lipinski definition) is 4. The molecule has 22 heavy (non-hydrogen) atoms. The first-order valence-corrected chi connectivity index (χ1v) is 9.17. The Balaban J connectivity index is 1.66. The van der Waals surface area contributed by atoms with Gasteiger partial charge in [0, 0.05) is 26.0 Å². The second-order valence-corrected chi connectivity index (χ2v) is 7.09. The zero-order valence-corrected chi connectivity index (χ0v) is 14.1. The molecule has 0 aromatic carbocycles. The van der Waals surface area contributed by atoms with Gasteiger partial charge in [0.15, 0.2) is 0 Å². The van der Waals surface area contributed by atoms with Crippen LogP contribution in [-0.2, 0) is 14.3 Å². The van der Waals surface area contributed by atoms with E-state index in [2.05, 4.69) is 16.7 Å². The van der Waals surface area contributed by atoms with Crippen molar-refractivity contribution < 1.29 is 14.3 Å². The molecule has 0 radical (unpaired) electrons. The van der Waals surface area contributed by atoms with Crippen LogP contribution in [0, 0.1) is 0 Å². The molecule has 0 unspecified atom stereocenters. The lowest BCUT2D eigenvalue weighted by Crippen LogP contribution is -2.48. The quantitative estimate of drug-likeness (QED) is 0.575. The highest BCUT2D eigenvalue weighted by Crippen LogP contribution is 2.30. The number of amides is 2. The molecule has 1 aliphatic carbocycles. The van der Waals surface area contributed by atoms with Gasteiger partial charge in [-0.25, -0.2) is 0 Å². The molecule has 0 aromatic heterocycles. The van der Waals surface area contributed by atoms with E-state index in [1.54, 1.807) is 7.11 Å². The lowest BCUT2D eigenvalue weighted by atomic mass is 9.97. The van der Waals surface area contributed by atoms with Crippen LogP contribution in [-0.4, -0.2) is 49.1 Å². The second-order valence-electron chi connectivity index (χ2n) is 5.99. The Hall–Kier alpha value is -1.01. The summed E-state index contributed by atoms with van der Waals surface area (Å²) in [5.74, 6) is 0.782. The summed E-state index contributed by atoms with van der Waals surface area (Å²) in [5.41, 5.74) is 1.08. The van der Waals surface area contributed by atoms with Crippen molar-refractivity contribution in [2.45, 2.75) is 44.1 Å². The third-order valence-electron chi connectivity index (χ3n) is 4.39. The van der Waals surface area contributed by atoms with Gasteiger partial charge in [-0.15, -0.1) is 0 Å². The minimum Gasteiger partial charge on any atom is -0.376 e. The van der Waals surface area contributed by atoms with E-state index >= 15 is 0 Å². The van der Waals surface area contributed by atoms with Crippen LogP contribution in [0.3, 0.4) is 0 Å². The fourth-order valence-electron chi connectivity index (χ4n) is 2.83. The van der Waals surface area contributed by atoms with E-state index < -0.39 is 11.8 Å². The Morgan fingerprint density at radius 1 is 1.32 bits per heavy atom. The monoisotopic (exact) mass is 326 g/mol. The Bertz CT molecular complexity index is 431. The van der Waals surface area contributed by atoms with Crippen molar-refractivity contribution in [3.8, 4) is 0 Å². The van der Waals surface area contributed by atoms with Gasteiger partial charge in [0.25, 0.3) is 0 Å². The average Bonchev–Trinajstić information content (AvgIpc) is 3.03. The Morgan fingerprint density at radius 2 is 2.14 bits per heavy atom.